The van der Waals surface area contributed by atoms with E-state index in [2.05, 4.69) is 5.32 Å². The van der Waals surface area contributed by atoms with Crippen LogP contribution in [0, 0.1) is 6.92 Å². The molecule has 0 saturated heterocycles. The van der Waals surface area contributed by atoms with Crippen LogP contribution in [0.4, 0.5) is 5.69 Å². The standard InChI is InChI=1S/C23H24N2O3S/c1-15-10-11-17-18(14-15)23(28)25(22(17)27)13-12-21(26)24-19-8-4-5-9-20(19)29-16-6-2-3-7-16/h4-5,8-11,14,16H,2-3,6-7,12-13H2,1H3,(H,24,26). The van der Waals surface area contributed by atoms with Crippen LogP contribution in [0.2, 0.25) is 0 Å². The number of hydrogen-bond acceptors (Lipinski definition) is 4. The Balaban J connectivity index is 1.38. The Morgan fingerprint density at radius 2 is 1.79 bits per heavy atom. The van der Waals surface area contributed by atoms with Crippen LogP contribution in [0.3, 0.4) is 0 Å². The highest BCUT2D eigenvalue weighted by molar-refractivity contribution is 8.00. The van der Waals surface area contributed by atoms with E-state index in [0.29, 0.717) is 16.4 Å². The third-order valence-corrected chi connectivity index (χ3v) is 6.86. The molecule has 0 bridgehead atoms. The Morgan fingerprint density at radius 3 is 2.59 bits per heavy atom. The number of fused-ring (bicyclic) bond motifs is 1. The van der Waals surface area contributed by atoms with Crippen molar-refractivity contribution in [3.8, 4) is 0 Å². The van der Waals surface area contributed by atoms with E-state index in [4.69, 9.17) is 0 Å². The van der Waals surface area contributed by atoms with E-state index < -0.39 is 0 Å². The minimum absolute atomic E-state index is 0.0763. The Labute approximate surface area is 174 Å². The molecule has 2 aliphatic rings. The normalized spacial score (nSPS) is 16.4. The maximum absolute atomic E-state index is 12.5. The average molecular weight is 409 g/mol. The molecule has 1 N–H and O–H groups in total. The summed E-state index contributed by atoms with van der Waals surface area (Å²) in [6, 6.07) is 13.0. The monoisotopic (exact) mass is 408 g/mol. The lowest BCUT2D eigenvalue weighted by Gasteiger charge is -2.16. The third kappa shape index (κ3) is 4.22. The zero-order valence-corrected chi connectivity index (χ0v) is 17.3. The Bertz CT molecular complexity index is 966. The molecule has 5 nitrogen and oxygen atoms in total. The second kappa shape index (κ2) is 8.41. The SMILES string of the molecule is Cc1ccc2c(c1)C(=O)N(CCC(=O)Nc1ccccc1SC1CCCC1)C2=O. The highest BCUT2D eigenvalue weighted by atomic mass is 32.2. The lowest BCUT2D eigenvalue weighted by atomic mass is 10.1. The highest BCUT2D eigenvalue weighted by Crippen LogP contribution is 2.38. The number of hydrogen-bond donors (Lipinski definition) is 1. The number of imide groups is 1. The summed E-state index contributed by atoms with van der Waals surface area (Å²) in [4.78, 5) is 39.8. The molecular formula is C23H24N2O3S. The van der Waals surface area contributed by atoms with Gasteiger partial charge in [-0.1, -0.05) is 36.6 Å². The fourth-order valence-electron chi connectivity index (χ4n) is 3.89. The number of para-hydroxylation sites is 1. The van der Waals surface area contributed by atoms with Gasteiger partial charge in [0.25, 0.3) is 11.8 Å². The van der Waals surface area contributed by atoms with Gasteiger partial charge in [-0.05, 0) is 44.0 Å². The second-order valence-corrected chi connectivity index (χ2v) is 8.97. The third-order valence-electron chi connectivity index (χ3n) is 5.45. The van der Waals surface area contributed by atoms with Gasteiger partial charge in [0.2, 0.25) is 5.91 Å². The molecule has 29 heavy (non-hydrogen) atoms. The second-order valence-electron chi connectivity index (χ2n) is 7.63. The summed E-state index contributed by atoms with van der Waals surface area (Å²) in [7, 11) is 0. The zero-order valence-electron chi connectivity index (χ0n) is 16.4. The molecular weight excluding hydrogens is 384 g/mol. The summed E-state index contributed by atoms with van der Waals surface area (Å²) >= 11 is 1.82. The number of carbonyl (C=O) groups excluding carboxylic acids is 3. The van der Waals surface area contributed by atoms with E-state index >= 15 is 0 Å². The first-order valence-electron chi connectivity index (χ1n) is 10.1. The molecule has 4 rings (SSSR count). The van der Waals surface area contributed by atoms with Crippen molar-refractivity contribution in [3.05, 3.63) is 59.2 Å². The van der Waals surface area contributed by atoms with Crippen LogP contribution in [0.5, 0.6) is 0 Å². The smallest absolute Gasteiger partial charge is 0.261 e. The number of rotatable bonds is 6. The fourth-order valence-corrected chi connectivity index (χ4v) is 5.22. The van der Waals surface area contributed by atoms with Crippen LogP contribution >= 0.6 is 11.8 Å². The average Bonchev–Trinajstić information content (AvgIpc) is 3.29. The van der Waals surface area contributed by atoms with Crippen molar-refractivity contribution >= 4 is 35.2 Å². The summed E-state index contributed by atoms with van der Waals surface area (Å²) in [5.41, 5.74) is 2.57. The summed E-state index contributed by atoms with van der Waals surface area (Å²) < 4.78 is 0. The summed E-state index contributed by atoms with van der Waals surface area (Å²) in [5, 5.41) is 3.57. The lowest BCUT2D eigenvalue weighted by Crippen LogP contribution is -2.32. The van der Waals surface area contributed by atoms with Gasteiger partial charge in [-0.2, -0.15) is 0 Å². The largest absolute Gasteiger partial charge is 0.325 e. The number of amides is 3. The van der Waals surface area contributed by atoms with Crippen LogP contribution in [0.1, 0.15) is 58.4 Å². The van der Waals surface area contributed by atoms with Gasteiger partial charge in [-0.25, -0.2) is 0 Å². The minimum atomic E-state index is -0.324. The number of carbonyl (C=O) groups is 3. The predicted molar refractivity (Wildman–Crippen MR) is 114 cm³/mol. The van der Waals surface area contributed by atoms with E-state index in [-0.39, 0.29) is 30.7 Å². The molecule has 0 radical (unpaired) electrons. The van der Waals surface area contributed by atoms with Gasteiger partial charge >= 0.3 is 0 Å². The number of aryl methyl sites for hydroxylation is 1. The lowest BCUT2D eigenvalue weighted by molar-refractivity contribution is -0.116. The minimum Gasteiger partial charge on any atom is -0.325 e. The van der Waals surface area contributed by atoms with E-state index in [9.17, 15) is 14.4 Å². The number of anilines is 1. The maximum atomic E-state index is 12.5. The van der Waals surface area contributed by atoms with E-state index in [1.807, 2.05) is 49.0 Å². The zero-order chi connectivity index (χ0) is 20.4. The van der Waals surface area contributed by atoms with Gasteiger partial charge in [0, 0.05) is 23.1 Å². The van der Waals surface area contributed by atoms with Gasteiger partial charge in [-0.15, -0.1) is 11.8 Å². The topological polar surface area (TPSA) is 66.5 Å². The Hall–Kier alpha value is -2.60. The van der Waals surface area contributed by atoms with Gasteiger partial charge in [0.1, 0.15) is 0 Å². The molecule has 1 fully saturated rings. The molecule has 0 aromatic heterocycles. The van der Waals surface area contributed by atoms with Crippen molar-refractivity contribution in [3.63, 3.8) is 0 Å². The highest BCUT2D eigenvalue weighted by Gasteiger charge is 2.35. The first kappa shape index (κ1) is 19.7. The number of nitrogens with zero attached hydrogens (tertiary/aromatic N) is 1. The van der Waals surface area contributed by atoms with E-state index in [0.717, 1.165) is 16.1 Å². The van der Waals surface area contributed by atoms with Crippen molar-refractivity contribution in [2.75, 3.05) is 11.9 Å². The van der Waals surface area contributed by atoms with Crippen LogP contribution in [-0.2, 0) is 4.79 Å². The molecule has 2 aromatic rings. The van der Waals surface area contributed by atoms with E-state index in [1.54, 1.807) is 12.1 Å². The molecule has 0 unspecified atom stereocenters. The van der Waals surface area contributed by atoms with Gasteiger partial charge in [-0.3, -0.25) is 19.3 Å². The van der Waals surface area contributed by atoms with Gasteiger partial charge in [0.15, 0.2) is 0 Å². The van der Waals surface area contributed by atoms with Crippen LogP contribution in [0.25, 0.3) is 0 Å². The summed E-state index contributed by atoms with van der Waals surface area (Å²) in [6.07, 6.45) is 5.04. The van der Waals surface area contributed by atoms with Crippen molar-refractivity contribution in [1.29, 1.82) is 0 Å². The van der Waals surface area contributed by atoms with Crippen molar-refractivity contribution in [2.45, 2.75) is 49.2 Å². The van der Waals surface area contributed by atoms with Crippen molar-refractivity contribution in [2.24, 2.45) is 0 Å². The summed E-state index contributed by atoms with van der Waals surface area (Å²) in [6.45, 7) is 1.96. The molecule has 3 amide bonds. The summed E-state index contributed by atoms with van der Waals surface area (Å²) in [5.74, 6) is -0.842. The van der Waals surface area contributed by atoms with Crippen molar-refractivity contribution < 1.29 is 14.4 Å². The van der Waals surface area contributed by atoms with Crippen LogP contribution < -0.4 is 5.32 Å². The van der Waals surface area contributed by atoms with Crippen LogP contribution in [-0.4, -0.2) is 34.4 Å². The Morgan fingerprint density at radius 1 is 1.07 bits per heavy atom. The quantitative estimate of drug-likeness (QED) is 0.707. The molecule has 0 atom stereocenters. The number of thioether (sulfide) groups is 1. The molecule has 1 saturated carbocycles. The molecule has 0 spiro atoms. The van der Waals surface area contributed by atoms with E-state index in [1.165, 1.54) is 30.6 Å². The predicted octanol–water partition coefficient (Wildman–Crippen LogP) is 4.65. The van der Waals surface area contributed by atoms with Crippen LogP contribution in [0.15, 0.2) is 47.4 Å². The number of nitrogens with one attached hydrogen (secondary N) is 1. The van der Waals surface area contributed by atoms with Crippen molar-refractivity contribution in [1.82, 2.24) is 4.90 Å². The molecule has 150 valence electrons. The molecule has 2 aromatic carbocycles. The van der Waals surface area contributed by atoms with Gasteiger partial charge < -0.3 is 5.32 Å². The molecule has 6 heteroatoms. The van der Waals surface area contributed by atoms with Gasteiger partial charge in [0.05, 0.1) is 16.8 Å². The maximum Gasteiger partial charge on any atom is 0.261 e. The molecule has 1 aliphatic heterocycles. The fraction of sp³-hybridized carbons (Fsp3) is 0.348. The first-order valence-corrected chi connectivity index (χ1v) is 10.9. The molecule has 1 aliphatic carbocycles. The Kier molecular flexibility index (Phi) is 5.72. The number of benzene rings is 2. The first-order chi connectivity index (χ1) is 14.0. The molecule has 1 heterocycles.